The van der Waals surface area contributed by atoms with E-state index in [1.807, 2.05) is 0 Å². The van der Waals surface area contributed by atoms with Gasteiger partial charge in [0.25, 0.3) is 0 Å². The quantitative estimate of drug-likeness (QED) is 0.637. The average Bonchev–Trinajstić information content (AvgIpc) is 2.66. The highest BCUT2D eigenvalue weighted by molar-refractivity contribution is 4.76. The first-order chi connectivity index (χ1) is 9.59. The van der Waals surface area contributed by atoms with E-state index in [1.54, 1.807) is 0 Å². The molecule has 1 aliphatic rings. The molecule has 1 saturated heterocycles. The third-order valence-corrected chi connectivity index (χ3v) is 4.61. The summed E-state index contributed by atoms with van der Waals surface area (Å²) < 4.78 is 0. The van der Waals surface area contributed by atoms with Crippen molar-refractivity contribution in [2.75, 3.05) is 26.7 Å². The Bertz CT molecular complexity index is 222. The van der Waals surface area contributed by atoms with Crippen molar-refractivity contribution in [2.45, 2.75) is 83.8 Å². The first-order valence-corrected chi connectivity index (χ1v) is 8.76. The van der Waals surface area contributed by atoms with E-state index in [9.17, 15) is 0 Å². The van der Waals surface area contributed by atoms with Gasteiger partial charge in [0.1, 0.15) is 0 Å². The van der Waals surface area contributed by atoms with Gasteiger partial charge >= 0.3 is 0 Å². The van der Waals surface area contributed by atoms with Crippen LogP contribution in [0.3, 0.4) is 0 Å². The van der Waals surface area contributed by atoms with Gasteiger partial charge in [-0.15, -0.1) is 0 Å². The second kappa shape index (κ2) is 10.6. The molecule has 0 saturated carbocycles. The van der Waals surface area contributed by atoms with Crippen LogP contribution in [-0.2, 0) is 0 Å². The van der Waals surface area contributed by atoms with Crippen molar-refractivity contribution < 1.29 is 0 Å². The smallest absolute Gasteiger partial charge is 0.00817 e. The SMILES string of the molecule is CC(CC1CCCCCN1)NCCCCN(C)C(C)C. The maximum Gasteiger partial charge on any atom is 0.00817 e. The van der Waals surface area contributed by atoms with Crippen molar-refractivity contribution in [1.29, 1.82) is 0 Å². The Morgan fingerprint density at radius 3 is 2.70 bits per heavy atom. The highest BCUT2D eigenvalue weighted by Crippen LogP contribution is 2.12. The molecule has 2 atom stereocenters. The van der Waals surface area contributed by atoms with Gasteiger partial charge in [0.15, 0.2) is 0 Å². The minimum Gasteiger partial charge on any atom is -0.314 e. The second-order valence-corrected chi connectivity index (χ2v) is 6.87. The number of unbranched alkanes of at least 4 members (excludes halogenated alkanes) is 1. The van der Waals surface area contributed by atoms with Gasteiger partial charge in [-0.1, -0.05) is 12.8 Å². The molecule has 3 heteroatoms. The minimum absolute atomic E-state index is 0.647. The molecule has 1 rings (SSSR count). The van der Waals surface area contributed by atoms with Crippen LogP contribution in [0, 0.1) is 0 Å². The lowest BCUT2D eigenvalue weighted by molar-refractivity contribution is 0.267. The summed E-state index contributed by atoms with van der Waals surface area (Å²) in [6.07, 6.45) is 9.43. The molecule has 120 valence electrons. The van der Waals surface area contributed by atoms with E-state index in [4.69, 9.17) is 0 Å². The monoisotopic (exact) mass is 283 g/mol. The van der Waals surface area contributed by atoms with Crippen LogP contribution in [0.2, 0.25) is 0 Å². The topological polar surface area (TPSA) is 27.3 Å². The van der Waals surface area contributed by atoms with Crippen molar-refractivity contribution in [3.63, 3.8) is 0 Å². The summed E-state index contributed by atoms with van der Waals surface area (Å²) in [6, 6.07) is 2.06. The van der Waals surface area contributed by atoms with Gasteiger partial charge in [-0.3, -0.25) is 0 Å². The number of rotatable bonds is 9. The van der Waals surface area contributed by atoms with E-state index in [1.165, 1.54) is 64.6 Å². The van der Waals surface area contributed by atoms with Gasteiger partial charge in [-0.05, 0) is 79.6 Å². The Morgan fingerprint density at radius 1 is 1.15 bits per heavy atom. The zero-order valence-corrected chi connectivity index (χ0v) is 14.3. The molecule has 2 unspecified atom stereocenters. The van der Waals surface area contributed by atoms with Gasteiger partial charge in [0.2, 0.25) is 0 Å². The highest BCUT2D eigenvalue weighted by Gasteiger charge is 2.14. The van der Waals surface area contributed by atoms with E-state index < -0.39 is 0 Å². The Hall–Kier alpha value is -0.120. The van der Waals surface area contributed by atoms with Crippen molar-refractivity contribution in [2.24, 2.45) is 0 Å². The van der Waals surface area contributed by atoms with Gasteiger partial charge in [-0.25, -0.2) is 0 Å². The van der Waals surface area contributed by atoms with Crippen LogP contribution in [-0.4, -0.2) is 49.7 Å². The van der Waals surface area contributed by atoms with E-state index in [-0.39, 0.29) is 0 Å². The third kappa shape index (κ3) is 8.23. The molecular weight excluding hydrogens is 246 g/mol. The van der Waals surface area contributed by atoms with Crippen LogP contribution in [0.15, 0.2) is 0 Å². The van der Waals surface area contributed by atoms with Crippen LogP contribution >= 0.6 is 0 Å². The lowest BCUT2D eigenvalue weighted by Gasteiger charge is -2.22. The maximum atomic E-state index is 3.69. The van der Waals surface area contributed by atoms with Crippen molar-refractivity contribution in [1.82, 2.24) is 15.5 Å². The van der Waals surface area contributed by atoms with Gasteiger partial charge in [-0.2, -0.15) is 0 Å². The summed E-state index contributed by atoms with van der Waals surface area (Å²) in [6.45, 7) is 10.5. The highest BCUT2D eigenvalue weighted by atomic mass is 15.1. The van der Waals surface area contributed by atoms with Crippen molar-refractivity contribution in [3.05, 3.63) is 0 Å². The van der Waals surface area contributed by atoms with Gasteiger partial charge < -0.3 is 15.5 Å². The molecule has 1 fully saturated rings. The molecule has 0 amide bonds. The van der Waals surface area contributed by atoms with E-state index in [0.717, 1.165) is 6.04 Å². The zero-order valence-electron chi connectivity index (χ0n) is 14.3. The standard InChI is InChI=1S/C17H37N3/c1-15(2)20(4)13-9-8-11-18-16(3)14-17-10-6-5-7-12-19-17/h15-19H,5-14H2,1-4H3. The number of nitrogens with zero attached hydrogens (tertiary/aromatic N) is 1. The Balaban J connectivity index is 2.00. The van der Waals surface area contributed by atoms with E-state index in [0.29, 0.717) is 12.1 Å². The van der Waals surface area contributed by atoms with E-state index in [2.05, 4.69) is 43.4 Å². The minimum atomic E-state index is 0.647. The second-order valence-electron chi connectivity index (χ2n) is 6.87. The molecule has 0 spiro atoms. The molecule has 0 bridgehead atoms. The Kier molecular flexibility index (Phi) is 9.49. The zero-order chi connectivity index (χ0) is 14.8. The number of hydrogen-bond donors (Lipinski definition) is 2. The predicted octanol–water partition coefficient (Wildman–Crippen LogP) is 3.01. The summed E-state index contributed by atoms with van der Waals surface area (Å²) in [5.74, 6) is 0. The fraction of sp³-hybridized carbons (Fsp3) is 1.00. The lowest BCUT2D eigenvalue weighted by Crippen LogP contribution is -2.37. The summed E-state index contributed by atoms with van der Waals surface area (Å²) in [4.78, 5) is 2.43. The van der Waals surface area contributed by atoms with Crippen LogP contribution in [0.1, 0.15) is 65.7 Å². The normalized spacial score (nSPS) is 22.2. The number of nitrogens with one attached hydrogen (secondary N) is 2. The Morgan fingerprint density at radius 2 is 1.95 bits per heavy atom. The summed E-state index contributed by atoms with van der Waals surface area (Å²) in [5.41, 5.74) is 0. The molecule has 3 nitrogen and oxygen atoms in total. The predicted molar refractivity (Wildman–Crippen MR) is 89.3 cm³/mol. The van der Waals surface area contributed by atoms with Crippen LogP contribution in [0.5, 0.6) is 0 Å². The third-order valence-electron chi connectivity index (χ3n) is 4.61. The summed E-state index contributed by atoms with van der Waals surface area (Å²) >= 11 is 0. The van der Waals surface area contributed by atoms with Crippen molar-refractivity contribution in [3.8, 4) is 0 Å². The largest absolute Gasteiger partial charge is 0.314 e. The fourth-order valence-corrected chi connectivity index (χ4v) is 2.90. The summed E-state index contributed by atoms with van der Waals surface area (Å²) in [5, 5.41) is 7.39. The molecule has 20 heavy (non-hydrogen) atoms. The van der Waals surface area contributed by atoms with E-state index >= 15 is 0 Å². The molecule has 2 N–H and O–H groups in total. The molecule has 1 heterocycles. The van der Waals surface area contributed by atoms with Gasteiger partial charge in [0, 0.05) is 18.1 Å². The molecular formula is C17H37N3. The average molecular weight is 284 g/mol. The molecule has 1 aliphatic heterocycles. The molecule has 0 aliphatic carbocycles. The molecule has 0 radical (unpaired) electrons. The Labute approximate surface area is 126 Å². The van der Waals surface area contributed by atoms with Crippen LogP contribution < -0.4 is 10.6 Å². The molecule has 0 aromatic rings. The van der Waals surface area contributed by atoms with Crippen molar-refractivity contribution >= 4 is 0 Å². The molecule has 0 aromatic heterocycles. The maximum absolute atomic E-state index is 3.69. The number of hydrogen-bond acceptors (Lipinski definition) is 3. The van der Waals surface area contributed by atoms with Crippen LogP contribution in [0.25, 0.3) is 0 Å². The first kappa shape index (κ1) is 17.9. The summed E-state index contributed by atoms with van der Waals surface area (Å²) in [7, 11) is 2.22. The molecule has 0 aromatic carbocycles. The van der Waals surface area contributed by atoms with Gasteiger partial charge in [0.05, 0.1) is 0 Å². The van der Waals surface area contributed by atoms with Crippen LogP contribution in [0.4, 0.5) is 0 Å². The fourth-order valence-electron chi connectivity index (χ4n) is 2.90. The first-order valence-electron chi connectivity index (χ1n) is 8.76. The lowest BCUT2D eigenvalue weighted by atomic mass is 10.0.